The van der Waals surface area contributed by atoms with Gasteiger partial charge < -0.3 is 4.74 Å². The van der Waals surface area contributed by atoms with Crippen LogP contribution in [0, 0.1) is 0 Å². The number of alkyl halides is 1. The van der Waals surface area contributed by atoms with Gasteiger partial charge in [-0.25, -0.2) is 0 Å². The van der Waals surface area contributed by atoms with Crippen molar-refractivity contribution in [1.29, 1.82) is 0 Å². The molecule has 0 radical (unpaired) electrons. The van der Waals surface area contributed by atoms with E-state index < -0.39 is 11.3 Å². The molecule has 1 aromatic rings. The van der Waals surface area contributed by atoms with Gasteiger partial charge in [-0.15, -0.1) is 11.6 Å². The van der Waals surface area contributed by atoms with E-state index in [9.17, 15) is 4.79 Å². The molecule has 0 spiro atoms. The molecule has 0 unspecified atom stereocenters. The molecule has 0 N–H and O–H groups in total. The largest absolute Gasteiger partial charge is 0.425 e. The molecule has 0 aromatic heterocycles. The predicted octanol–water partition coefficient (Wildman–Crippen LogP) is 2.87. The first-order chi connectivity index (χ1) is 6.09. The fourth-order valence-corrected chi connectivity index (χ4v) is 0.871. The third kappa shape index (κ3) is 3.25. The highest BCUT2D eigenvalue weighted by molar-refractivity contribution is 6.30. The van der Waals surface area contributed by atoms with Gasteiger partial charge in [0.2, 0.25) is 0 Å². The van der Waals surface area contributed by atoms with Crippen LogP contribution in [0.25, 0.3) is 0 Å². The maximum absolute atomic E-state index is 11.0. The number of benzene rings is 1. The van der Waals surface area contributed by atoms with E-state index in [1.165, 1.54) is 0 Å². The van der Waals surface area contributed by atoms with Crippen LogP contribution in [0.2, 0.25) is 5.02 Å². The van der Waals surface area contributed by atoms with Gasteiger partial charge in [0.1, 0.15) is 11.1 Å². The molecule has 0 aliphatic rings. The lowest BCUT2D eigenvalue weighted by Gasteiger charge is -2.04. The Hall–Kier alpha value is -0.730. The Morgan fingerprint density at radius 1 is 1.38 bits per heavy atom. The van der Waals surface area contributed by atoms with Crippen molar-refractivity contribution >= 4 is 29.2 Å². The zero-order chi connectivity index (χ0) is 9.84. The van der Waals surface area contributed by atoms with E-state index in [0.717, 1.165) is 0 Å². The lowest BCUT2D eigenvalue weighted by Crippen LogP contribution is -2.17. The Labute approximate surface area is 86.4 Å². The van der Waals surface area contributed by atoms with E-state index in [1.807, 2.05) is 0 Å². The van der Waals surface area contributed by atoms with Crippen LogP contribution in [0.1, 0.15) is 6.92 Å². The van der Waals surface area contributed by atoms with Crippen molar-refractivity contribution in [2.45, 2.75) is 12.3 Å². The first-order valence-corrected chi connectivity index (χ1v) is 4.52. The topological polar surface area (TPSA) is 26.3 Å². The van der Waals surface area contributed by atoms with Crippen LogP contribution >= 0.6 is 23.2 Å². The Morgan fingerprint density at radius 2 is 1.92 bits per heavy atom. The maximum Gasteiger partial charge on any atom is 0.329 e. The Morgan fingerprint density at radius 3 is 2.38 bits per heavy atom. The summed E-state index contributed by atoms with van der Waals surface area (Å²) in [5.41, 5.74) is 0. The van der Waals surface area contributed by atoms with Crippen LogP contribution in [0.4, 0.5) is 0 Å². The fourth-order valence-electron chi connectivity index (χ4n) is 0.700. The third-order valence-corrected chi connectivity index (χ3v) is 1.79. The second kappa shape index (κ2) is 4.49. The van der Waals surface area contributed by atoms with E-state index in [1.54, 1.807) is 31.2 Å². The van der Waals surface area contributed by atoms with Gasteiger partial charge in [-0.1, -0.05) is 11.6 Å². The normalized spacial score (nSPS) is 12.2. The van der Waals surface area contributed by atoms with Crippen molar-refractivity contribution in [1.82, 2.24) is 0 Å². The van der Waals surface area contributed by atoms with Gasteiger partial charge in [0.05, 0.1) is 0 Å². The summed E-state index contributed by atoms with van der Waals surface area (Å²) in [6.45, 7) is 1.56. The van der Waals surface area contributed by atoms with E-state index in [0.29, 0.717) is 10.8 Å². The summed E-state index contributed by atoms with van der Waals surface area (Å²) in [5.74, 6) is -0.0223. The molecule has 0 bridgehead atoms. The minimum absolute atomic E-state index is 0.446. The van der Waals surface area contributed by atoms with E-state index in [4.69, 9.17) is 27.9 Å². The van der Waals surface area contributed by atoms with Crippen LogP contribution in [0.5, 0.6) is 5.75 Å². The second-order valence-corrected chi connectivity index (χ2v) is 3.58. The number of hydrogen-bond donors (Lipinski definition) is 0. The molecule has 1 rings (SSSR count). The molecule has 4 heteroatoms. The van der Waals surface area contributed by atoms with Crippen LogP contribution < -0.4 is 4.74 Å². The average Bonchev–Trinajstić information content (AvgIpc) is 2.08. The summed E-state index contributed by atoms with van der Waals surface area (Å²) >= 11 is 11.2. The summed E-state index contributed by atoms with van der Waals surface area (Å²) < 4.78 is 4.90. The van der Waals surface area contributed by atoms with Crippen LogP contribution in [0.3, 0.4) is 0 Å². The maximum atomic E-state index is 11.0. The van der Waals surface area contributed by atoms with E-state index in [-0.39, 0.29) is 0 Å². The minimum Gasteiger partial charge on any atom is -0.425 e. The van der Waals surface area contributed by atoms with Gasteiger partial charge in [0, 0.05) is 5.02 Å². The molecule has 0 aliphatic carbocycles. The minimum atomic E-state index is -0.643. The van der Waals surface area contributed by atoms with Crippen molar-refractivity contribution in [2.75, 3.05) is 0 Å². The zero-order valence-electron chi connectivity index (χ0n) is 6.96. The summed E-state index contributed by atoms with van der Waals surface area (Å²) in [4.78, 5) is 11.0. The number of esters is 1. The first-order valence-electron chi connectivity index (χ1n) is 3.71. The van der Waals surface area contributed by atoms with Crippen molar-refractivity contribution in [3.63, 3.8) is 0 Å². The highest BCUT2D eigenvalue weighted by atomic mass is 35.5. The lowest BCUT2D eigenvalue weighted by molar-refractivity contribution is -0.133. The van der Waals surface area contributed by atoms with Gasteiger partial charge in [0.25, 0.3) is 0 Å². The summed E-state index contributed by atoms with van der Waals surface area (Å²) in [6.07, 6.45) is 0. The zero-order valence-corrected chi connectivity index (χ0v) is 8.47. The molecule has 0 saturated carbocycles. The number of hydrogen-bond acceptors (Lipinski definition) is 2. The summed E-state index contributed by atoms with van der Waals surface area (Å²) in [5, 5.41) is -0.0469. The molecule has 1 atom stereocenters. The standard InChI is InChI=1S/C9H8Cl2O2/c1-6(10)9(12)13-8-4-2-7(11)3-5-8/h2-6H,1H3/t6-/m0/s1. The van der Waals surface area contributed by atoms with Gasteiger partial charge in [-0.2, -0.15) is 0 Å². The van der Waals surface area contributed by atoms with Crippen molar-refractivity contribution in [3.8, 4) is 5.75 Å². The molecule has 70 valence electrons. The molecule has 0 fully saturated rings. The SMILES string of the molecule is C[C@H](Cl)C(=O)Oc1ccc(Cl)cc1. The third-order valence-electron chi connectivity index (χ3n) is 1.36. The van der Waals surface area contributed by atoms with Crippen molar-refractivity contribution in [2.24, 2.45) is 0 Å². The number of carbonyl (C=O) groups excluding carboxylic acids is 1. The first kappa shape index (κ1) is 10.4. The van der Waals surface area contributed by atoms with Gasteiger partial charge in [-0.05, 0) is 31.2 Å². The monoisotopic (exact) mass is 218 g/mol. The van der Waals surface area contributed by atoms with E-state index >= 15 is 0 Å². The second-order valence-electron chi connectivity index (χ2n) is 2.49. The number of halogens is 2. The highest BCUT2D eigenvalue weighted by Crippen LogP contribution is 2.16. The van der Waals surface area contributed by atoms with Gasteiger partial charge >= 0.3 is 5.97 Å². The Kier molecular flexibility index (Phi) is 3.58. The van der Waals surface area contributed by atoms with Crippen LogP contribution in [0.15, 0.2) is 24.3 Å². The molecular formula is C9H8Cl2O2. The lowest BCUT2D eigenvalue weighted by atomic mass is 10.3. The van der Waals surface area contributed by atoms with Crippen molar-refractivity contribution < 1.29 is 9.53 Å². The molecule has 1 aromatic carbocycles. The van der Waals surface area contributed by atoms with Crippen LogP contribution in [-0.2, 0) is 4.79 Å². The van der Waals surface area contributed by atoms with Gasteiger partial charge in [0.15, 0.2) is 0 Å². The quantitative estimate of drug-likeness (QED) is 0.434. The fraction of sp³-hybridized carbons (Fsp3) is 0.222. The Balaban J connectivity index is 2.65. The molecule has 0 amide bonds. The number of rotatable bonds is 2. The number of ether oxygens (including phenoxy) is 1. The molecular weight excluding hydrogens is 211 g/mol. The van der Waals surface area contributed by atoms with Gasteiger partial charge in [-0.3, -0.25) is 4.79 Å². The average molecular weight is 219 g/mol. The highest BCUT2D eigenvalue weighted by Gasteiger charge is 2.11. The molecule has 0 aliphatic heterocycles. The summed E-state index contributed by atoms with van der Waals surface area (Å²) in [7, 11) is 0. The van der Waals surface area contributed by atoms with Crippen molar-refractivity contribution in [3.05, 3.63) is 29.3 Å². The Bertz CT molecular complexity index is 293. The van der Waals surface area contributed by atoms with Crippen LogP contribution in [-0.4, -0.2) is 11.3 Å². The molecule has 0 saturated heterocycles. The molecule has 2 nitrogen and oxygen atoms in total. The molecule has 0 heterocycles. The van der Waals surface area contributed by atoms with E-state index in [2.05, 4.69) is 0 Å². The number of carbonyl (C=O) groups is 1. The smallest absolute Gasteiger partial charge is 0.329 e. The predicted molar refractivity (Wildman–Crippen MR) is 52.4 cm³/mol. The molecule has 13 heavy (non-hydrogen) atoms. The summed E-state index contributed by atoms with van der Waals surface area (Å²) in [6, 6.07) is 6.51.